The largest absolute Gasteiger partial charge is 0.364 e. The molecule has 60 valence electrons. The van der Waals surface area contributed by atoms with Crippen molar-refractivity contribution in [2.75, 3.05) is 0 Å². The van der Waals surface area contributed by atoms with Gasteiger partial charge in [-0.25, -0.2) is 0 Å². The Morgan fingerprint density at radius 3 is 2.82 bits per heavy atom. The smallest absolute Gasteiger partial charge is 0.155 e. The van der Waals surface area contributed by atoms with E-state index in [2.05, 4.69) is 15.9 Å². The molecule has 2 aliphatic heterocycles. The van der Waals surface area contributed by atoms with Crippen LogP contribution in [0.1, 0.15) is 6.92 Å². The van der Waals surface area contributed by atoms with Crippen LogP contribution >= 0.6 is 15.9 Å². The van der Waals surface area contributed by atoms with Crippen molar-refractivity contribution in [1.29, 1.82) is 0 Å². The number of Topliss-reactive ketones (excluding diaryl/α,β-unsaturated/α-hetero) is 1. The van der Waals surface area contributed by atoms with Crippen LogP contribution in [0.15, 0.2) is 12.2 Å². The highest BCUT2D eigenvalue weighted by Gasteiger charge is 2.42. The number of fused-ring (bicyclic) bond motifs is 2. The van der Waals surface area contributed by atoms with Crippen molar-refractivity contribution in [3.8, 4) is 0 Å². The minimum Gasteiger partial charge on any atom is -0.364 e. The Balaban J connectivity index is 2.29. The third-order valence-corrected chi connectivity index (χ3v) is 3.28. The quantitative estimate of drug-likeness (QED) is 0.451. The van der Waals surface area contributed by atoms with Crippen molar-refractivity contribution in [3.05, 3.63) is 12.2 Å². The van der Waals surface area contributed by atoms with E-state index in [1.807, 2.05) is 19.1 Å². The summed E-state index contributed by atoms with van der Waals surface area (Å²) in [7, 11) is 0. The number of hydrogen-bond donors (Lipinski definition) is 0. The van der Waals surface area contributed by atoms with Gasteiger partial charge in [-0.2, -0.15) is 0 Å². The lowest BCUT2D eigenvalue weighted by Gasteiger charge is -2.29. The van der Waals surface area contributed by atoms with Gasteiger partial charge in [0.25, 0.3) is 0 Å². The van der Waals surface area contributed by atoms with Gasteiger partial charge >= 0.3 is 0 Å². The molecule has 3 heteroatoms. The summed E-state index contributed by atoms with van der Waals surface area (Å²) < 4.78 is 5.51. The van der Waals surface area contributed by atoms with Gasteiger partial charge in [-0.3, -0.25) is 4.79 Å². The zero-order valence-corrected chi connectivity index (χ0v) is 7.74. The molecule has 2 rings (SSSR count). The van der Waals surface area contributed by atoms with Crippen LogP contribution in [0, 0.1) is 5.92 Å². The Kier molecular flexibility index (Phi) is 1.65. The minimum atomic E-state index is -0.132. The molecule has 1 saturated heterocycles. The predicted molar refractivity (Wildman–Crippen MR) is 44.7 cm³/mol. The fourth-order valence-corrected chi connectivity index (χ4v) is 2.23. The van der Waals surface area contributed by atoms with Gasteiger partial charge in [0.2, 0.25) is 0 Å². The summed E-state index contributed by atoms with van der Waals surface area (Å²) >= 11 is 3.32. The molecule has 0 aromatic rings. The van der Waals surface area contributed by atoms with Gasteiger partial charge < -0.3 is 4.74 Å². The number of rotatable bonds is 0. The fourth-order valence-electron chi connectivity index (χ4n) is 1.52. The lowest BCUT2D eigenvalue weighted by Crippen LogP contribution is -2.42. The van der Waals surface area contributed by atoms with Crippen LogP contribution in [0.2, 0.25) is 0 Å². The number of ether oxygens (including phenoxy) is 1. The van der Waals surface area contributed by atoms with E-state index in [1.165, 1.54) is 0 Å². The molecule has 2 bridgehead atoms. The second kappa shape index (κ2) is 2.42. The topological polar surface area (TPSA) is 26.3 Å². The molecule has 0 aromatic heterocycles. The molecule has 0 aromatic carbocycles. The molecular weight excluding hydrogens is 208 g/mol. The normalized spacial score (nSPS) is 48.4. The first kappa shape index (κ1) is 7.50. The van der Waals surface area contributed by atoms with Crippen LogP contribution in [0.5, 0.6) is 0 Å². The molecular formula is C8H9BrO2. The Hall–Kier alpha value is -0.150. The van der Waals surface area contributed by atoms with E-state index in [1.54, 1.807) is 0 Å². The first-order chi connectivity index (χ1) is 5.20. The van der Waals surface area contributed by atoms with Gasteiger partial charge in [-0.15, -0.1) is 0 Å². The summed E-state index contributed by atoms with van der Waals surface area (Å²) in [4.78, 5) is 11.3. The molecule has 4 atom stereocenters. The summed E-state index contributed by atoms with van der Waals surface area (Å²) in [6, 6.07) is 0. The highest BCUT2D eigenvalue weighted by molar-refractivity contribution is 9.10. The van der Waals surface area contributed by atoms with Crippen LogP contribution < -0.4 is 0 Å². The van der Waals surface area contributed by atoms with Crippen LogP contribution in [0.3, 0.4) is 0 Å². The van der Waals surface area contributed by atoms with E-state index >= 15 is 0 Å². The molecule has 0 radical (unpaired) electrons. The summed E-state index contributed by atoms with van der Waals surface area (Å²) in [5.41, 5.74) is 0. The maximum Gasteiger partial charge on any atom is 0.155 e. The zero-order chi connectivity index (χ0) is 8.01. The van der Waals surface area contributed by atoms with Crippen molar-refractivity contribution in [3.63, 3.8) is 0 Å². The molecule has 0 unspecified atom stereocenters. The Morgan fingerprint density at radius 1 is 1.45 bits per heavy atom. The van der Waals surface area contributed by atoms with Crippen molar-refractivity contribution in [2.45, 2.75) is 24.0 Å². The SMILES string of the molecule is C[C@@H]1C(=O)[C@H](Br)[C@H]2C=C[C@@H]1O2. The second-order valence-corrected chi connectivity index (χ2v) is 4.03. The highest BCUT2D eigenvalue weighted by Crippen LogP contribution is 2.32. The molecule has 11 heavy (non-hydrogen) atoms. The van der Waals surface area contributed by atoms with Crippen LogP contribution in [0.25, 0.3) is 0 Å². The number of hydrogen-bond acceptors (Lipinski definition) is 2. The monoisotopic (exact) mass is 216 g/mol. The van der Waals surface area contributed by atoms with Gasteiger partial charge in [0.1, 0.15) is 4.83 Å². The first-order valence-corrected chi connectivity index (χ1v) is 4.63. The number of ketones is 1. The maximum absolute atomic E-state index is 11.4. The van der Waals surface area contributed by atoms with Gasteiger partial charge in [0, 0.05) is 5.92 Å². The summed E-state index contributed by atoms with van der Waals surface area (Å²) in [5, 5.41) is 0. The lowest BCUT2D eigenvalue weighted by molar-refractivity contribution is -0.133. The van der Waals surface area contributed by atoms with E-state index in [9.17, 15) is 4.79 Å². The third kappa shape index (κ3) is 0.983. The molecule has 0 aliphatic carbocycles. The van der Waals surface area contributed by atoms with Gasteiger partial charge in [0.05, 0.1) is 12.2 Å². The lowest BCUT2D eigenvalue weighted by atomic mass is 9.96. The maximum atomic E-state index is 11.4. The Bertz CT molecular complexity index is 204. The van der Waals surface area contributed by atoms with Gasteiger partial charge in [-0.1, -0.05) is 35.0 Å². The molecule has 2 aliphatic rings. The van der Waals surface area contributed by atoms with E-state index < -0.39 is 0 Å². The van der Waals surface area contributed by atoms with Gasteiger partial charge in [-0.05, 0) is 0 Å². The van der Waals surface area contributed by atoms with E-state index in [-0.39, 0.29) is 28.7 Å². The predicted octanol–water partition coefficient (Wildman–Crippen LogP) is 1.29. The molecule has 1 fully saturated rings. The van der Waals surface area contributed by atoms with Crippen LogP contribution in [0.4, 0.5) is 0 Å². The highest BCUT2D eigenvalue weighted by atomic mass is 79.9. The molecule has 0 spiro atoms. The molecule has 2 nitrogen and oxygen atoms in total. The molecule has 0 saturated carbocycles. The first-order valence-electron chi connectivity index (χ1n) is 3.72. The summed E-state index contributed by atoms with van der Waals surface area (Å²) in [5.74, 6) is 0.269. The Labute approximate surface area is 73.7 Å². The van der Waals surface area contributed by atoms with E-state index in [0.29, 0.717) is 0 Å². The number of halogens is 1. The van der Waals surface area contributed by atoms with E-state index in [0.717, 1.165) is 0 Å². The number of alkyl halides is 1. The van der Waals surface area contributed by atoms with Crippen LogP contribution in [-0.4, -0.2) is 22.8 Å². The minimum absolute atomic E-state index is 0.00868. The summed E-state index contributed by atoms with van der Waals surface area (Å²) in [6.45, 7) is 1.91. The average Bonchev–Trinajstić information content (AvgIpc) is 2.44. The number of carbonyl (C=O) groups excluding carboxylic acids is 1. The Morgan fingerprint density at radius 2 is 2.09 bits per heavy atom. The van der Waals surface area contributed by atoms with Crippen molar-refractivity contribution in [1.82, 2.24) is 0 Å². The molecule has 0 N–H and O–H groups in total. The molecule has 2 heterocycles. The molecule has 0 amide bonds. The zero-order valence-electron chi connectivity index (χ0n) is 6.16. The number of carbonyl (C=O) groups is 1. The van der Waals surface area contributed by atoms with Gasteiger partial charge in [0.15, 0.2) is 5.78 Å². The van der Waals surface area contributed by atoms with Crippen LogP contribution in [-0.2, 0) is 9.53 Å². The van der Waals surface area contributed by atoms with E-state index in [4.69, 9.17) is 4.74 Å². The standard InChI is InChI=1S/C8H9BrO2/c1-4-5-2-3-6(11-5)7(9)8(4)10/h2-7H,1H3/t4-,5-,6+,7+/m0/s1. The second-order valence-electron chi connectivity index (χ2n) is 3.04. The average molecular weight is 217 g/mol. The van der Waals surface area contributed by atoms with Crippen molar-refractivity contribution < 1.29 is 9.53 Å². The van der Waals surface area contributed by atoms with Crippen molar-refractivity contribution >= 4 is 21.7 Å². The third-order valence-electron chi connectivity index (χ3n) is 2.31. The fraction of sp³-hybridized carbons (Fsp3) is 0.625. The summed E-state index contributed by atoms with van der Waals surface area (Å²) in [6.07, 6.45) is 3.95. The van der Waals surface area contributed by atoms with Crippen molar-refractivity contribution in [2.24, 2.45) is 5.92 Å².